The van der Waals surface area contributed by atoms with E-state index in [-0.39, 0.29) is 6.04 Å². The Bertz CT molecular complexity index is 332. The van der Waals surface area contributed by atoms with Gasteiger partial charge in [-0.1, -0.05) is 0 Å². The SMILES string of the molecule is COc1cc(N)cc2c1[C@H](N)CCC2. The topological polar surface area (TPSA) is 61.3 Å². The van der Waals surface area contributed by atoms with Gasteiger partial charge in [-0.25, -0.2) is 0 Å². The molecule has 4 N–H and O–H groups in total. The van der Waals surface area contributed by atoms with Gasteiger partial charge in [-0.3, -0.25) is 0 Å². The van der Waals surface area contributed by atoms with Gasteiger partial charge in [0, 0.05) is 23.4 Å². The van der Waals surface area contributed by atoms with Crippen molar-refractivity contribution in [3.05, 3.63) is 23.3 Å². The van der Waals surface area contributed by atoms with Gasteiger partial charge >= 0.3 is 0 Å². The van der Waals surface area contributed by atoms with Crippen molar-refractivity contribution in [3.63, 3.8) is 0 Å². The minimum atomic E-state index is 0.106. The summed E-state index contributed by atoms with van der Waals surface area (Å²) in [6.07, 6.45) is 3.23. The minimum Gasteiger partial charge on any atom is -0.496 e. The van der Waals surface area contributed by atoms with E-state index in [2.05, 4.69) is 0 Å². The van der Waals surface area contributed by atoms with Crippen molar-refractivity contribution < 1.29 is 4.74 Å². The van der Waals surface area contributed by atoms with E-state index in [1.54, 1.807) is 7.11 Å². The monoisotopic (exact) mass is 192 g/mol. The summed E-state index contributed by atoms with van der Waals surface area (Å²) >= 11 is 0. The predicted octanol–water partition coefficient (Wildman–Crippen LogP) is 1.61. The fourth-order valence-corrected chi connectivity index (χ4v) is 2.16. The van der Waals surface area contributed by atoms with Crippen molar-refractivity contribution in [2.45, 2.75) is 25.3 Å². The fraction of sp³-hybridized carbons (Fsp3) is 0.455. The summed E-state index contributed by atoms with van der Waals surface area (Å²) in [4.78, 5) is 0. The zero-order chi connectivity index (χ0) is 10.1. The van der Waals surface area contributed by atoms with Gasteiger partial charge in [-0.15, -0.1) is 0 Å². The molecule has 14 heavy (non-hydrogen) atoms. The third kappa shape index (κ3) is 1.44. The molecule has 1 aliphatic rings. The van der Waals surface area contributed by atoms with Crippen molar-refractivity contribution in [1.29, 1.82) is 0 Å². The normalized spacial score (nSPS) is 20.3. The van der Waals surface area contributed by atoms with Crippen LogP contribution in [0.3, 0.4) is 0 Å². The summed E-state index contributed by atoms with van der Waals surface area (Å²) in [5, 5.41) is 0. The summed E-state index contributed by atoms with van der Waals surface area (Å²) in [5.41, 5.74) is 15.0. The number of anilines is 1. The molecule has 0 spiro atoms. The number of nitrogens with two attached hydrogens (primary N) is 2. The van der Waals surface area contributed by atoms with Gasteiger partial charge in [-0.05, 0) is 30.9 Å². The number of hydrogen-bond donors (Lipinski definition) is 2. The number of hydrogen-bond acceptors (Lipinski definition) is 3. The lowest BCUT2D eigenvalue weighted by molar-refractivity contribution is 0.399. The molecule has 0 amide bonds. The molecule has 1 aliphatic carbocycles. The first kappa shape index (κ1) is 9.34. The predicted molar refractivity (Wildman–Crippen MR) is 57.3 cm³/mol. The van der Waals surface area contributed by atoms with Gasteiger partial charge in [0.2, 0.25) is 0 Å². The number of aryl methyl sites for hydroxylation is 1. The van der Waals surface area contributed by atoms with Crippen molar-refractivity contribution in [2.75, 3.05) is 12.8 Å². The van der Waals surface area contributed by atoms with Crippen LogP contribution >= 0.6 is 0 Å². The van der Waals surface area contributed by atoms with E-state index in [0.717, 1.165) is 36.3 Å². The second-order valence-corrected chi connectivity index (χ2v) is 3.79. The van der Waals surface area contributed by atoms with E-state index in [1.165, 1.54) is 5.56 Å². The maximum absolute atomic E-state index is 6.05. The van der Waals surface area contributed by atoms with E-state index in [1.807, 2.05) is 12.1 Å². The fourth-order valence-electron chi connectivity index (χ4n) is 2.16. The first-order chi connectivity index (χ1) is 6.72. The quantitative estimate of drug-likeness (QED) is 0.664. The van der Waals surface area contributed by atoms with Gasteiger partial charge in [0.05, 0.1) is 7.11 Å². The van der Waals surface area contributed by atoms with Crippen LogP contribution in [0.1, 0.15) is 30.0 Å². The Kier molecular flexibility index (Phi) is 2.33. The van der Waals surface area contributed by atoms with Crippen molar-refractivity contribution in [1.82, 2.24) is 0 Å². The van der Waals surface area contributed by atoms with Crippen LogP contribution in [0.2, 0.25) is 0 Å². The van der Waals surface area contributed by atoms with E-state index in [9.17, 15) is 0 Å². The van der Waals surface area contributed by atoms with Crippen LogP contribution in [0.15, 0.2) is 12.1 Å². The van der Waals surface area contributed by atoms with Crippen molar-refractivity contribution in [2.24, 2.45) is 5.73 Å². The number of ether oxygens (including phenoxy) is 1. The van der Waals surface area contributed by atoms with Crippen LogP contribution in [-0.2, 0) is 6.42 Å². The van der Waals surface area contributed by atoms with E-state index in [0.29, 0.717) is 0 Å². The number of fused-ring (bicyclic) bond motifs is 1. The Hall–Kier alpha value is -1.22. The van der Waals surface area contributed by atoms with E-state index >= 15 is 0 Å². The third-order valence-corrected chi connectivity index (χ3v) is 2.80. The largest absolute Gasteiger partial charge is 0.496 e. The number of nitrogen functional groups attached to an aromatic ring is 1. The highest BCUT2D eigenvalue weighted by molar-refractivity contribution is 5.55. The van der Waals surface area contributed by atoms with Crippen LogP contribution in [0, 0.1) is 0 Å². The lowest BCUT2D eigenvalue weighted by atomic mass is 9.87. The lowest BCUT2D eigenvalue weighted by Gasteiger charge is -2.24. The number of methoxy groups -OCH3 is 1. The molecular formula is C11H16N2O. The molecule has 0 saturated carbocycles. The van der Waals surface area contributed by atoms with Crippen LogP contribution in [0.4, 0.5) is 5.69 Å². The van der Waals surface area contributed by atoms with Crippen LogP contribution in [0.5, 0.6) is 5.75 Å². The molecule has 1 aromatic carbocycles. The minimum absolute atomic E-state index is 0.106. The second kappa shape index (κ2) is 3.50. The standard InChI is InChI=1S/C11H16N2O/c1-14-10-6-8(12)5-7-3-2-4-9(13)11(7)10/h5-6,9H,2-4,12-13H2,1H3/t9-/m1/s1. The molecule has 0 heterocycles. The molecule has 0 fully saturated rings. The van der Waals surface area contributed by atoms with Gasteiger partial charge < -0.3 is 16.2 Å². The van der Waals surface area contributed by atoms with E-state index in [4.69, 9.17) is 16.2 Å². The Morgan fingerprint density at radius 2 is 2.21 bits per heavy atom. The van der Waals surface area contributed by atoms with Crippen molar-refractivity contribution in [3.8, 4) is 5.75 Å². The Morgan fingerprint density at radius 1 is 1.43 bits per heavy atom. The number of rotatable bonds is 1. The summed E-state index contributed by atoms with van der Waals surface area (Å²) in [6.45, 7) is 0. The van der Waals surface area contributed by atoms with Gasteiger partial charge in [0.25, 0.3) is 0 Å². The Balaban J connectivity index is 2.55. The molecule has 1 aromatic rings. The molecule has 0 bridgehead atoms. The third-order valence-electron chi connectivity index (χ3n) is 2.80. The van der Waals surface area contributed by atoms with Gasteiger partial charge in [0.1, 0.15) is 5.75 Å². The zero-order valence-corrected chi connectivity index (χ0v) is 8.42. The summed E-state index contributed by atoms with van der Waals surface area (Å²) in [6, 6.07) is 3.97. The maximum atomic E-state index is 6.05. The zero-order valence-electron chi connectivity index (χ0n) is 8.42. The summed E-state index contributed by atoms with van der Waals surface area (Å²) in [5.74, 6) is 0.840. The molecule has 3 heteroatoms. The van der Waals surface area contributed by atoms with Crippen LogP contribution < -0.4 is 16.2 Å². The maximum Gasteiger partial charge on any atom is 0.125 e. The Morgan fingerprint density at radius 3 is 2.93 bits per heavy atom. The first-order valence-electron chi connectivity index (χ1n) is 4.94. The highest BCUT2D eigenvalue weighted by Crippen LogP contribution is 2.36. The van der Waals surface area contributed by atoms with Crippen LogP contribution in [0.25, 0.3) is 0 Å². The number of benzene rings is 1. The molecule has 0 unspecified atom stereocenters. The smallest absolute Gasteiger partial charge is 0.125 e. The summed E-state index contributed by atoms with van der Waals surface area (Å²) in [7, 11) is 1.66. The molecule has 0 saturated heterocycles. The van der Waals surface area contributed by atoms with Gasteiger partial charge in [-0.2, -0.15) is 0 Å². The second-order valence-electron chi connectivity index (χ2n) is 3.79. The summed E-state index contributed by atoms with van der Waals surface area (Å²) < 4.78 is 5.30. The average molecular weight is 192 g/mol. The molecule has 0 aliphatic heterocycles. The molecule has 76 valence electrons. The average Bonchev–Trinajstić information content (AvgIpc) is 2.16. The van der Waals surface area contributed by atoms with Crippen LogP contribution in [-0.4, -0.2) is 7.11 Å². The van der Waals surface area contributed by atoms with Crippen molar-refractivity contribution >= 4 is 5.69 Å². The van der Waals surface area contributed by atoms with E-state index < -0.39 is 0 Å². The highest BCUT2D eigenvalue weighted by Gasteiger charge is 2.21. The molecule has 0 radical (unpaired) electrons. The molecule has 3 nitrogen and oxygen atoms in total. The molecule has 1 atom stereocenters. The Labute approximate surface area is 84.0 Å². The van der Waals surface area contributed by atoms with Gasteiger partial charge in [0.15, 0.2) is 0 Å². The first-order valence-corrected chi connectivity index (χ1v) is 4.94. The molecular weight excluding hydrogens is 176 g/mol. The molecule has 2 rings (SSSR count). The molecule has 0 aromatic heterocycles. The lowest BCUT2D eigenvalue weighted by Crippen LogP contribution is -2.18. The highest BCUT2D eigenvalue weighted by atomic mass is 16.5.